The van der Waals surface area contributed by atoms with E-state index in [2.05, 4.69) is 28.9 Å². The zero-order valence-corrected chi connectivity index (χ0v) is 11.3. The third-order valence-electron chi connectivity index (χ3n) is 2.46. The van der Waals surface area contributed by atoms with E-state index < -0.39 is 0 Å². The highest BCUT2D eigenvalue weighted by Crippen LogP contribution is 2.29. The van der Waals surface area contributed by atoms with E-state index in [0.29, 0.717) is 22.4 Å². The molecular formula is C10H16ClN3OS. The highest BCUT2D eigenvalue weighted by Gasteiger charge is 2.26. The maximum atomic E-state index is 5.89. The Morgan fingerprint density at radius 3 is 2.50 bits per heavy atom. The highest BCUT2D eigenvalue weighted by atomic mass is 35.5. The van der Waals surface area contributed by atoms with Crippen LogP contribution < -0.4 is 4.90 Å². The smallest absolute Gasteiger partial charge is 0.318 e. The Kier molecular flexibility index (Phi) is 3.64. The van der Waals surface area contributed by atoms with Gasteiger partial charge in [0.25, 0.3) is 0 Å². The van der Waals surface area contributed by atoms with Crippen LogP contribution in [0.3, 0.4) is 0 Å². The van der Waals surface area contributed by atoms with Gasteiger partial charge in [0.15, 0.2) is 0 Å². The summed E-state index contributed by atoms with van der Waals surface area (Å²) in [6, 6.07) is 0.599. The summed E-state index contributed by atoms with van der Waals surface area (Å²) in [4.78, 5) is 2.14. The fraction of sp³-hybridized carbons (Fsp3) is 0.800. The molecule has 0 bridgehead atoms. The summed E-state index contributed by atoms with van der Waals surface area (Å²) in [6.07, 6.45) is 0. The van der Waals surface area contributed by atoms with E-state index in [9.17, 15) is 0 Å². The fourth-order valence-corrected chi connectivity index (χ4v) is 3.26. The van der Waals surface area contributed by atoms with E-state index in [4.69, 9.17) is 16.0 Å². The molecule has 2 heterocycles. The molecule has 6 heteroatoms. The molecule has 0 N–H and O–H groups in total. The quantitative estimate of drug-likeness (QED) is 0.766. The Labute approximate surface area is 105 Å². The lowest BCUT2D eigenvalue weighted by Crippen LogP contribution is -2.40. The molecule has 4 nitrogen and oxygen atoms in total. The number of alkyl halides is 1. The summed E-state index contributed by atoms with van der Waals surface area (Å²) in [5.41, 5.74) is 0. The Balaban J connectivity index is 2.10. The van der Waals surface area contributed by atoms with Crippen molar-refractivity contribution in [2.45, 2.75) is 36.6 Å². The summed E-state index contributed by atoms with van der Waals surface area (Å²) in [5.74, 6) is 0.496. The number of hydrogen-bond acceptors (Lipinski definition) is 5. The van der Waals surface area contributed by atoms with Crippen LogP contribution in [0.5, 0.6) is 0 Å². The Hall–Kier alpha value is -0.420. The number of aromatic nitrogens is 2. The monoisotopic (exact) mass is 261 g/mol. The second kappa shape index (κ2) is 4.84. The van der Waals surface area contributed by atoms with Gasteiger partial charge in [-0.15, -0.1) is 16.7 Å². The second-order valence-electron chi connectivity index (χ2n) is 4.20. The van der Waals surface area contributed by atoms with Crippen LogP contribution in [-0.2, 0) is 0 Å². The van der Waals surface area contributed by atoms with Gasteiger partial charge in [0.2, 0.25) is 5.89 Å². The van der Waals surface area contributed by atoms with E-state index in [1.54, 1.807) is 0 Å². The van der Waals surface area contributed by atoms with Gasteiger partial charge in [-0.1, -0.05) is 18.9 Å². The van der Waals surface area contributed by atoms with Gasteiger partial charge in [-0.05, 0) is 6.92 Å². The Bertz CT molecular complexity index is 348. The van der Waals surface area contributed by atoms with Crippen LogP contribution in [0.1, 0.15) is 32.0 Å². The maximum Gasteiger partial charge on any atom is 0.318 e. The van der Waals surface area contributed by atoms with Gasteiger partial charge in [-0.3, -0.25) is 0 Å². The van der Waals surface area contributed by atoms with Crippen LogP contribution in [0.4, 0.5) is 6.01 Å². The van der Waals surface area contributed by atoms with Crippen molar-refractivity contribution < 1.29 is 4.42 Å². The van der Waals surface area contributed by atoms with Crippen molar-refractivity contribution in [2.24, 2.45) is 0 Å². The topological polar surface area (TPSA) is 42.2 Å². The molecule has 1 aliphatic heterocycles. The van der Waals surface area contributed by atoms with Crippen LogP contribution in [0.2, 0.25) is 0 Å². The molecular weight excluding hydrogens is 246 g/mol. The molecule has 1 aromatic heterocycles. The Morgan fingerprint density at radius 2 is 2.00 bits per heavy atom. The van der Waals surface area contributed by atoms with Gasteiger partial charge in [-0.2, -0.15) is 11.8 Å². The molecule has 3 atom stereocenters. The lowest BCUT2D eigenvalue weighted by molar-refractivity contribution is 0.480. The summed E-state index contributed by atoms with van der Waals surface area (Å²) >= 11 is 7.89. The largest absolute Gasteiger partial charge is 0.406 e. The second-order valence-corrected chi connectivity index (χ2v) is 6.74. The Morgan fingerprint density at radius 1 is 1.38 bits per heavy atom. The minimum absolute atomic E-state index is 0.227. The van der Waals surface area contributed by atoms with E-state index in [1.165, 1.54) is 0 Å². The fourth-order valence-electron chi connectivity index (χ4n) is 1.85. The van der Waals surface area contributed by atoms with E-state index in [0.717, 1.165) is 13.1 Å². The van der Waals surface area contributed by atoms with E-state index in [1.807, 2.05) is 18.7 Å². The predicted octanol–water partition coefficient (Wildman–Crippen LogP) is 2.70. The molecule has 1 saturated heterocycles. The van der Waals surface area contributed by atoms with Crippen molar-refractivity contribution in [1.29, 1.82) is 0 Å². The van der Waals surface area contributed by atoms with Crippen molar-refractivity contribution in [2.75, 3.05) is 18.0 Å². The van der Waals surface area contributed by atoms with Gasteiger partial charge < -0.3 is 9.32 Å². The maximum absolute atomic E-state index is 5.89. The number of rotatable bonds is 2. The molecule has 0 saturated carbocycles. The number of hydrogen-bond donors (Lipinski definition) is 0. The van der Waals surface area contributed by atoms with E-state index in [-0.39, 0.29) is 5.38 Å². The van der Waals surface area contributed by atoms with Gasteiger partial charge >= 0.3 is 6.01 Å². The first-order valence-electron chi connectivity index (χ1n) is 5.44. The molecule has 0 amide bonds. The molecule has 1 aliphatic rings. The van der Waals surface area contributed by atoms with Crippen molar-refractivity contribution >= 4 is 29.4 Å². The summed E-state index contributed by atoms with van der Waals surface area (Å²) in [6.45, 7) is 8.17. The molecule has 0 aromatic carbocycles. The molecule has 0 radical (unpaired) electrons. The van der Waals surface area contributed by atoms with E-state index >= 15 is 0 Å². The van der Waals surface area contributed by atoms with Crippen LogP contribution in [0.15, 0.2) is 4.42 Å². The highest BCUT2D eigenvalue weighted by molar-refractivity contribution is 8.00. The number of anilines is 1. The van der Waals surface area contributed by atoms with Gasteiger partial charge in [0, 0.05) is 23.6 Å². The minimum atomic E-state index is -0.227. The van der Waals surface area contributed by atoms with Crippen molar-refractivity contribution in [1.82, 2.24) is 10.2 Å². The molecule has 0 aliphatic carbocycles. The third-order valence-corrected chi connectivity index (χ3v) is 3.87. The van der Waals surface area contributed by atoms with Gasteiger partial charge in [-0.25, -0.2) is 0 Å². The first-order valence-corrected chi connectivity index (χ1v) is 6.82. The van der Waals surface area contributed by atoms with Crippen LogP contribution in [0.25, 0.3) is 0 Å². The zero-order chi connectivity index (χ0) is 11.7. The average molecular weight is 262 g/mol. The summed E-state index contributed by atoms with van der Waals surface area (Å²) < 4.78 is 5.54. The van der Waals surface area contributed by atoms with Crippen molar-refractivity contribution in [3.8, 4) is 0 Å². The minimum Gasteiger partial charge on any atom is -0.406 e. The molecule has 90 valence electrons. The van der Waals surface area contributed by atoms with Crippen LogP contribution in [-0.4, -0.2) is 33.8 Å². The van der Waals surface area contributed by atoms with Crippen molar-refractivity contribution in [3.05, 3.63) is 5.89 Å². The van der Waals surface area contributed by atoms with Gasteiger partial charge in [0.1, 0.15) is 5.38 Å². The molecule has 16 heavy (non-hydrogen) atoms. The molecule has 1 fully saturated rings. The number of halogens is 1. The van der Waals surface area contributed by atoms with Crippen molar-refractivity contribution in [3.63, 3.8) is 0 Å². The average Bonchev–Trinajstić information content (AvgIpc) is 2.64. The first kappa shape index (κ1) is 12.0. The molecule has 0 spiro atoms. The van der Waals surface area contributed by atoms with Crippen LogP contribution in [0, 0.1) is 0 Å². The normalized spacial score (nSPS) is 28.1. The van der Waals surface area contributed by atoms with Gasteiger partial charge in [0.05, 0.1) is 0 Å². The molecule has 3 unspecified atom stereocenters. The summed E-state index contributed by atoms with van der Waals surface area (Å²) in [7, 11) is 0. The van der Waals surface area contributed by atoms with Crippen LogP contribution >= 0.6 is 23.4 Å². The standard InChI is InChI=1S/C10H16ClN3OS/c1-6-4-14(5-7(2)16-6)10-13-12-9(15-10)8(3)11/h6-8H,4-5H2,1-3H3. The SMILES string of the molecule is CC1CN(c2nnc(C(C)Cl)o2)CC(C)S1. The number of nitrogens with zero attached hydrogens (tertiary/aromatic N) is 3. The summed E-state index contributed by atoms with van der Waals surface area (Å²) in [5, 5.41) is 8.94. The lowest BCUT2D eigenvalue weighted by Gasteiger charge is -2.33. The molecule has 1 aromatic rings. The number of thioether (sulfide) groups is 1. The lowest BCUT2D eigenvalue weighted by atomic mass is 10.3. The third kappa shape index (κ3) is 2.63. The predicted molar refractivity (Wildman–Crippen MR) is 67.3 cm³/mol. The molecule has 2 rings (SSSR count). The zero-order valence-electron chi connectivity index (χ0n) is 9.68. The first-order chi connectivity index (χ1) is 7.56.